The third-order valence-electron chi connectivity index (χ3n) is 2.97. The predicted octanol–water partition coefficient (Wildman–Crippen LogP) is 2.95. The minimum atomic E-state index is -0.227. The van der Waals surface area contributed by atoms with E-state index in [4.69, 9.17) is 14.9 Å². The van der Waals surface area contributed by atoms with Crippen molar-refractivity contribution in [3.63, 3.8) is 0 Å². The normalized spacial score (nSPS) is 12.5. The van der Waals surface area contributed by atoms with Gasteiger partial charge in [0.05, 0.1) is 19.4 Å². The largest absolute Gasteiger partial charge is 0.496 e. The van der Waals surface area contributed by atoms with Crippen molar-refractivity contribution >= 4 is 0 Å². The maximum absolute atomic E-state index is 6.19. The first-order chi connectivity index (χ1) is 8.13. The number of hydrogen-bond acceptors (Lipinski definition) is 3. The average molecular weight is 231 g/mol. The quantitative estimate of drug-likeness (QED) is 0.883. The molecule has 17 heavy (non-hydrogen) atoms. The number of ether oxygens (including phenoxy) is 1. The summed E-state index contributed by atoms with van der Waals surface area (Å²) in [6, 6.07) is 7.58. The smallest absolute Gasteiger partial charge is 0.125 e. The molecule has 2 aromatic rings. The Kier molecular flexibility index (Phi) is 3.20. The van der Waals surface area contributed by atoms with E-state index in [0.29, 0.717) is 0 Å². The van der Waals surface area contributed by atoms with Gasteiger partial charge in [-0.05, 0) is 48.7 Å². The molecule has 0 saturated heterocycles. The molecule has 3 nitrogen and oxygen atoms in total. The summed E-state index contributed by atoms with van der Waals surface area (Å²) in [7, 11) is 1.67. The Balaban J connectivity index is 2.42. The summed E-state index contributed by atoms with van der Waals surface area (Å²) in [6.45, 7) is 4.04. The van der Waals surface area contributed by atoms with Crippen molar-refractivity contribution in [2.45, 2.75) is 19.9 Å². The predicted molar refractivity (Wildman–Crippen MR) is 67.2 cm³/mol. The highest BCUT2D eigenvalue weighted by atomic mass is 16.5. The summed E-state index contributed by atoms with van der Waals surface area (Å²) in [6.07, 6.45) is 1.64. The van der Waals surface area contributed by atoms with E-state index in [1.807, 2.05) is 32.0 Å². The highest BCUT2D eigenvalue weighted by Gasteiger charge is 2.15. The zero-order valence-corrected chi connectivity index (χ0v) is 10.4. The lowest BCUT2D eigenvalue weighted by Gasteiger charge is -2.15. The fourth-order valence-electron chi connectivity index (χ4n) is 1.99. The molecule has 0 bridgehead atoms. The van der Waals surface area contributed by atoms with Gasteiger partial charge in [-0.1, -0.05) is 6.07 Å². The SMILES string of the molecule is COc1cc(C)c(C(N)c2ccco2)cc1C. The molecular formula is C14H17NO2. The van der Waals surface area contributed by atoms with E-state index in [2.05, 4.69) is 6.07 Å². The van der Waals surface area contributed by atoms with Gasteiger partial charge in [-0.3, -0.25) is 0 Å². The van der Waals surface area contributed by atoms with Gasteiger partial charge >= 0.3 is 0 Å². The lowest BCUT2D eigenvalue weighted by Crippen LogP contribution is -2.13. The van der Waals surface area contributed by atoms with Crippen molar-refractivity contribution < 1.29 is 9.15 Å². The summed E-state index contributed by atoms with van der Waals surface area (Å²) < 4.78 is 10.6. The molecule has 1 atom stereocenters. The number of rotatable bonds is 3. The van der Waals surface area contributed by atoms with Crippen LogP contribution in [0.1, 0.15) is 28.5 Å². The monoisotopic (exact) mass is 231 g/mol. The van der Waals surface area contributed by atoms with Crippen molar-refractivity contribution in [1.29, 1.82) is 0 Å². The summed E-state index contributed by atoms with van der Waals surface area (Å²) in [5, 5.41) is 0. The molecule has 0 saturated carbocycles. The molecule has 2 rings (SSSR count). The van der Waals surface area contributed by atoms with E-state index in [-0.39, 0.29) is 6.04 Å². The number of hydrogen-bond donors (Lipinski definition) is 1. The number of benzene rings is 1. The van der Waals surface area contributed by atoms with Gasteiger partial charge in [0.25, 0.3) is 0 Å². The second-order valence-corrected chi connectivity index (χ2v) is 4.17. The Labute approximate surface area is 101 Å². The van der Waals surface area contributed by atoms with Crippen molar-refractivity contribution in [3.8, 4) is 5.75 Å². The van der Waals surface area contributed by atoms with Gasteiger partial charge < -0.3 is 14.9 Å². The molecule has 1 unspecified atom stereocenters. The van der Waals surface area contributed by atoms with Crippen LogP contribution >= 0.6 is 0 Å². The number of aryl methyl sites for hydroxylation is 2. The minimum absolute atomic E-state index is 0.227. The molecule has 2 N–H and O–H groups in total. The Morgan fingerprint density at radius 1 is 1.24 bits per heavy atom. The van der Waals surface area contributed by atoms with E-state index in [0.717, 1.165) is 28.2 Å². The van der Waals surface area contributed by atoms with Gasteiger partial charge in [-0.25, -0.2) is 0 Å². The number of nitrogens with two attached hydrogens (primary N) is 1. The van der Waals surface area contributed by atoms with Crippen molar-refractivity contribution in [1.82, 2.24) is 0 Å². The Hall–Kier alpha value is -1.74. The molecule has 0 fully saturated rings. The molecule has 0 aliphatic carbocycles. The Bertz CT molecular complexity index is 503. The molecular weight excluding hydrogens is 214 g/mol. The molecule has 1 aromatic heterocycles. The summed E-state index contributed by atoms with van der Waals surface area (Å²) in [5.74, 6) is 1.66. The van der Waals surface area contributed by atoms with E-state index >= 15 is 0 Å². The second-order valence-electron chi connectivity index (χ2n) is 4.17. The van der Waals surface area contributed by atoms with E-state index in [9.17, 15) is 0 Å². The molecule has 3 heteroatoms. The maximum Gasteiger partial charge on any atom is 0.125 e. The van der Waals surface area contributed by atoms with Gasteiger partial charge in [-0.15, -0.1) is 0 Å². The first-order valence-electron chi connectivity index (χ1n) is 5.57. The second kappa shape index (κ2) is 4.63. The highest BCUT2D eigenvalue weighted by molar-refractivity contribution is 5.44. The van der Waals surface area contributed by atoms with Crippen LogP contribution in [0.25, 0.3) is 0 Å². The Morgan fingerprint density at radius 2 is 2.00 bits per heavy atom. The van der Waals surface area contributed by atoms with Crippen LogP contribution in [0.5, 0.6) is 5.75 Å². The summed E-state index contributed by atoms with van der Waals surface area (Å²) >= 11 is 0. The summed E-state index contributed by atoms with van der Waals surface area (Å²) in [4.78, 5) is 0. The third-order valence-corrected chi connectivity index (χ3v) is 2.97. The zero-order valence-electron chi connectivity index (χ0n) is 10.4. The van der Waals surface area contributed by atoms with E-state index in [1.54, 1.807) is 13.4 Å². The lowest BCUT2D eigenvalue weighted by molar-refractivity contribution is 0.411. The highest BCUT2D eigenvalue weighted by Crippen LogP contribution is 2.28. The van der Waals surface area contributed by atoms with Crippen LogP contribution in [0, 0.1) is 13.8 Å². The maximum atomic E-state index is 6.19. The first-order valence-corrected chi connectivity index (χ1v) is 5.57. The van der Waals surface area contributed by atoms with Crippen molar-refractivity contribution in [2.24, 2.45) is 5.73 Å². The third kappa shape index (κ3) is 2.19. The number of furan rings is 1. The molecule has 0 spiro atoms. The standard InChI is InChI=1S/C14H17NO2/c1-9-8-13(16-3)10(2)7-11(9)14(15)12-5-4-6-17-12/h4-8,14H,15H2,1-3H3. The van der Waals surface area contributed by atoms with Crippen LogP contribution < -0.4 is 10.5 Å². The first kappa shape index (κ1) is 11.7. The molecule has 0 radical (unpaired) electrons. The average Bonchev–Trinajstić information content (AvgIpc) is 2.84. The van der Waals surface area contributed by atoms with Crippen LogP contribution in [0.15, 0.2) is 34.9 Å². The lowest BCUT2D eigenvalue weighted by atomic mass is 9.97. The van der Waals surface area contributed by atoms with Gasteiger partial charge in [0.2, 0.25) is 0 Å². The summed E-state index contributed by atoms with van der Waals surface area (Å²) in [5.41, 5.74) is 9.44. The minimum Gasteiger partial charge on any atom is -0.496 e. The fourth-order valence-corrected chi connectivity index (χ4v) is 1.99. The molecule has 0 aliphatic rings. The number of methoxy groups -OCH3 is 1. The van der Waals surface area contributed by atoms with E-state index in [1.165, 1.54) is 0 Å². The van der Waals surface area contributed by atoms with Crippen molar-refractivity contribution in [2.75, 3.05) is 7.11 Å². The van der Waals surface area contributed by atoms with Crippen molar-refractivity contribution in [3.05, 3.63) is 53.0 Å². The van der Waals surface area contributed by atoms with Crippen LogP contribution in [-0.4, -0.2) is 7.11 Å². The zero-order chi connectivity index (χ0) is 12.4. The van der Waals surface area contributed by atoms with Gasteiger partial charge in [0.1, 0.15) is 11.5 Å². The fraction of sp³-hybridized carbons (Fsp3) is 0.286. The van der Waals surface area contributed by atoms with Crippen LogP contribution in [0.4, 0.5) is 0 Å². The van der Waals surface area contributed by atoms with E-state index < -0.39 is 0 Å². The molecule has 1 heterocycles. The molecule has 0 aliphatic heterocycles. The van der Waals surface area contributed by atoms with Crippen LogP contribution in [0.3, 0.4) is 0 Å². The molecule has 0 amide bonds. The Morgan fingerprint density at radius 3 is 2.59 bits per heavy atom. The van der Waals surface area contributed by atoms with Crippen LogP contribution in [-0.2, 0) is 0 Å². The molecule has 1 aromatic carbocycles. The topological polar surface area (TPSA) is 48.4 Å². The van der Waals surface area contributed by atoms with Gasteiger partial charge in [0.15, 0.2) is 0 Å². The molecule has 90 valence electrons. The van der Waals surface area contributed by atoms with Gasteiger partial charge in [0, 0.05) is 0 Å². The van der Waals surface area contributed by atoms with Crippen LogP contribution in [0.2, 0.25) is 0 Å². The van der Waals surface area contributed by atoms with Gasteiger partial charge in [-0.2, -0.15) is 0 Å².